The van der Waals surface area contributed by atoms with Crippen LogP contribution in [0.4, 0.5) is 5.69 Å². The topological polar surface area (TPSA) is 79.9 Å². The second kappa shape index (κ2) is 11.5. The molecule has 1 aliphatic heterocycles. The van der Waals surface area contributed by atoms with E-state index in [4.69, 9.17) is 9.47 Å². The number of benzene rings is 2. The summed E-state index contributed by atoms with van der Waals surface area (Å²) in [6.45, 7) is 3.42. The van der Waals surface area contributed by atoms with Crippen LogP contribution in [0.15, 0.2) is 48.5 Å². The van der Waals surface area contributed by atoms with Gasteiger partial charge < -0.3 is 20.1 Å². The van der Waals surface area contributed by atoms with Crippen LogP contribution in [-0.4, -0.2) is 56.1 Å². The molecule has 172 valence electrons. The zero-order chi connectivity index (χ0) is 22.9. The van der Waals surface area contributed by atoms with Gasteiger partial charge in [-0.1, -0.05) is 30.3 Å². The summed E-state index contributed by atoms with van der Waals surface area (Å²) in [5.41, 5.74) is 1.76. The number of anilines is 1. The Labute approximate surface area is 190 Å². The third kappa shape index (κ3) is 6.47. The molecule has 0 saturated carbocycles. The first kappa shape index (κ1) is 23.6. The van der Waals surface area contributed by atoms with Gasteiger partial charge in [-0.3, -0.25) is 14.5 Å². The lowest BCUT2D eigenvalue weighted by Crippen LogP contribution is -2.50. The Morgan fingerprint density at radius 3 is 2.44 bits per heavy atom. The van der Waals surface area contributed by atoms with Gasteiger partial charge in [0.15, 0.2) is 0 Å². The number of methoxy groups -OCH3 is 2. The van der Waals surface area contributed by atoms with Crippen molar-refractivity contribution in [3.63, 3.8) is 0 Å². The van der Waals surface area contributed by atoms with E-state index in [1.165, 1.54) is 5.56 Å². The number of aryl methyl sites for hydroxylation is 1. The highest BCUT2D eigenvalue weighted by molar-refractivity contribution is 5.96. The first-order chi connectivity index (χ1) is 15.5. The molecule has 0 radical (unpaired) electrons. The van der Waals surface area contributed by atoms with Gasteiger partial charge in [-0.15, -0.1) is 0 Å². The van der Waals surface area contributed by atoms with E-state index in [1.807, 2.05) is 37.3 Å². The van der Waals surface area contributed by atoms with Gasteiger partial charge >= 0.3 is 0 Å². The normalized spacial score (nSPS) is 15.6. The minimum atomic E-state index is -0.291. The van der Waals surface area contributed by atoms with Crippen molar-refractivity contribution in [3.05, 3.63) is 54.1 Å². The summed E-state index contributed by atoms with van der Waals surface area (Å²) in [6.07, 6.45) is 2.90. The van der Waals surface area contributed by atoms with Gasteiger partial charge in [-0.2, -0.15) is 0 Å². The first-order valence-corrected chi connectivity index (χ1v) is 11.1. The monoisotopic (exact) mass is 439 g/mol. The highest BCUT2D eigenvalue weighted by Gasteiger charge is 2.27. The van der Waals surface area contributed by atoms with Crippen LogP contribution < -0.4 is 20.1 Å². The van der Waals surface area contributed by atoms with Crippen LogP contribution in [-0.2, 0) is 16.0 Å². The number of hydrogen-bond acceptors (Lipinski definition) is 5. The molecular formula is C25H33N3O4. The van der Waals surface area contributed by atoms with Crippen LogP contribution in [0, 0.1) is 0 Å². The van der Waals surface area contributed by atoms with E-state index >= 15 is 0 Å². The molecular weight excluding hydrogens is 406 g/mol. The van der Waals surface area contributed by atoms with E-state index in [0.717, 1.165) is 32.4 Å². The predicted molar refractivity (Wildman–Crippen MR) is 125 cm³/mol. The van der Waals surface area contributed by atoms with Crippen LogP contribution >= 0.6 is 0 Å². The highest BCUT2D eigenvalue weighted by Crippen LogP contribution is 2.29. The maximum Gasteiger partial charge on any atom is 0.241 e. The molecule has 7 nitrogen and oxygen atoms in total. The van der Waals surface area contributed by atoms with Gasteiger partial charge in [0.1, 0.15) is 11.5 Å². The Balaban J connectivity index is 1.45. The van der Waals surface area contributed by atoms with Crippen molar-refractivity contribution in [1.29, 1.82) is 0 Å². The molecule has 2 amide bonds. The third-order valence-electron chi connectivity index (χ3n) is 5.97. The Morgan fingerprint density at radius 2 is 1.78 bits per heavy atom. The quantitative estimate of drug-likeness (QED) is 0.627. The fraction of sp³-hybridized carbons (Fsp3) is 0.440. The molecule has 2 N–H and O–H groups in total. The lowest BCUT2D eigenvalue weighted by atomic mass is 10.0. The number of piperidine rings is 1. The molecule has 1 aliphatic rings. The molecule has 1 unspecified atom stereocenters. The summed E-state index contributed by atoms with van der Waals surface area (Å²) in [4.78, 5) is 27.3. The molecule has 1 atom stereocenters. The van der Waals surface area contributed by atoms with Crippen molar-refractivity contribution in [2.75, 3.05) is 32.6 Å². The van der Waals surface area contributed by atoms with E-state index in [-0.39, 0.29) is 23.9 Å². The number of carbonyl (C=O) groups is 2. The van der Waals surface area contributed by atoms with E-state index in [1.54, 1.807) is 32.4 Å². The Morgan fingerprint density at radius 1 is 1.06 bits per heavy atom. The van der Waals surface area contributed by atoms with Crippen molar-refractivity contribution in [2.24, 2.45) is 0 Å². The Bertz CT molecular complexity index is 895. The number of likely N-dealkylation sites (tertiary alicyclic amines) is 1. The lowest BCUT2D eigenvalue weighted by Gasteiger charge is -2.35. The fourth-order valence-electron chi connectivity index (χ4n) is 3.95. The van der Waals surface area contributed by atoms with Gasteiger partial charge in [0, 0.05) is 31.6 Å². The molecule has 3 rings (SSSR count). The minimum Gasteiger partial charge on any atom is -0.497 e. The molecule has 1 fully saturated rings. The number of ether oxygens (including phenoxy) is 2. The van der Waals surface area contributed by atoms with Crippen molar-refractivity contribution in [3.8, 4) is 11.5 Å². The van der Waals surface area contributed by atoms with Crippen LogP contribution in [0.3, 0.4) is 0 Å². The van der Waals surface area contributed by atoms with Gasteiger partial charge in [0.05, 0.1) is 25.9 Å². The summed E-state index contributed by atoms with van der Waals surface area (Å²) in [5.74, 6) is 1.23. The van der Waals surface area contributed by atoms with Crippen LogP contribution in [0.2, 0.25) is 0 Å². The molecule has 0 aromatic heterocycles. The molecule has 1 saturated heterocycles. The molecule has 2 aromatic rings. The molecule has 2 aromatic carbocycles. The van der Waals surface area contributed by atoms with Crippen LogP contribution in [0.25, 0.3) is 0 Å². The summed E-state index contributed by atoms with van der Waals surface area (Å²) in [5, 5.41) is 6.10. The Hall–Kier alpha value is -3.06. The van der Waals surface area contributed by atoms with Crippen molar-refractivity contribution in [1.82, 2.24) is 10.2 Å². The molecule has 0 spiro atoms. The van der Waals surface area contributed by atoms with E-state index in [9.17, 15) is 9.59 Å². The summed E-state index contributed by atoms with van der Waals surface area (Å²) in [7, 11) is 3.15. The number of hydrogen-bond donors (Lipinski definition) is 2. The molecule has 0 bridgehead atoms. The largest absolute Gasteiger partial charge is 0.497 e. The smallest absolute Gasteiger partial charge is 0.241 e. The summed E-state index contributed by atoms with van der Waals surface area (Å²) < 4.78 is 10.6. The number of carbonyl (C=O) groups excluding carboxylic acids is 2. The van der Waals surface area contributed by atoms with Gasteiger partial charge in [-0.05, 0) is 43.9 Å². The standard InChI is InChI=1S/C25H33N3O4/c1-18(25(30)27-22-17-21(31-2)10-11-23(22)32-3)28-15-13-20(14-16-28)26-24(29)12-9-19-7-5-4-6-8-19/h4-8,10-11,17-18,20H,9,12-16H2,1-3H3,(H,26,29)(H,27,30). The SMILES string of the molecule is COc1ccc(OC)c(NC(=O)C(C)N2CCC(NC(=O)CCc3ccccc3)CC2)c1. The average Bonchev–Trinajstić information content (AvgIpc) is 2.83. The third-order valence-corrected chi connectivity index (χ3v) is 5.97. The summed E-state index contributed by atoms with van der Waals surface area (Å²) in [6, 6.07) is 15.2. The second-order valence-electron chi connectivity index (χ2n) is 8.09. The van der Waals surface area contributed by atoms with Gasteiger partial charge in [0.2, 0.25) is 11.8 Å². The molecule has 0 aliphatic carbocycles. The Kier molecular flexibility index (Phi) is 8.50. The number of amides is 2. The number of rotatable bonds is 9. The number of nitrogens with zero attached hydrogens (tertiary/aromatic N) is 1. The van der Waals surface area contributed by atoms with Crippen molar-refractivity contribution in [2.45, 2.75) is 44.7 Å². The van der Waals surface area contributed by atoms with Crippen molar-refractivity contribution < 1.29 is 19.1 Å². The zero-order valence-electron chi connectivity index (χ0n) is 19.1. The van der Waals surface area contributed by atoms with Gasteiger partial charge in [-0.25, -0.2) is 0 Å². The van der Waals surface area contributed by atoms with Crippen molar-refractivity contribution >= 4 is 17.5 Å². The average molecular weight is 440 g/mol. The maximum atomic E-state index is 12.8. The zero-order valence-corrected chi connectivity index (χ0v) is 19.1. The molecule has 7 heteroatoms. The molecule has 32 heavy (non-hydrogen) atoms. The van der Waals surface area contributed by atoms with E-state index < -0.39 is 0 Å². The van der Waals surface area contributed by atoms with Gasteiger partial charge in [0.25, 0.3) is 0 Å². The van der Waals surface area contributed by atoms with E-state index in [0.29, 0.717) is 23.6 Å². The van der Waals surface area contributed by atoms with E-state index in [2.05, 4.69) is 15.5 Å². The fourth-order valence-corrected chi connectivity index (χ4v) is 3.95. The molecule has 1 heterocycles. The number of nitrogens with one attached hydrogen (secondary N) is 2. The van der Waals surface area contributed by atoms with Crippen LogP contribution in [0.1, 0.15) is 31.7 Å². The predicted octanol–water partition coefficient (Wildman–Crippen LogP) is 3.24. The highest BCUT2D eigenvalue weighted by atomic mass is 16.5. The summed E-state index contributed by atoms with van der Waals surface area (Å²) >= 11 is 0. The van der Waals surface area contributed by atoms with Crippen LogP contribution in [0.5, 0.6) is 11.5 Å². The second-order valence-corrected chi connectivity index (χ2v) is 8.09. The lowest BCUT2D eigenvalue weighted by molar-refractivity contribution is -0.123. The first-order valence-electron chi connectivity index (χ1n) is 11.1. The minimum absolute atomic E-state index is 0.0863. The maximum absolute atomic E-state index is 12.8.